The number of likely N-dealkylation sites (N-methyl/N-ethyl adjacent to an activating group) is 1. The Morgan fingerprint density at radius 2 is 1.82 bits per heavy atom. The highest BCUT2D eigenvalue weighted by Crippen LogP contribution is 2.37. The molecule has 5 aliphatic rings. The number of aliphatic imine (C=N–C) groups is 1. The maximum Gasteiger partial charge on any atom is 0.0646 e. The van der Waals surface area contributed by atoms with Gasteiger partial charge in [-0.15, -0.1) is 0 Å². The van der Waals surface area contributed by atoms with Crippen molar-refractivity contribution in [2.45, 2.75) is 38.0 Å². The number of piperazine rings is 1. The van der Waals surface area contributed by atoms with E-state index in [9.17, 15) is 0 Å². The van der Waals surface area contributed by atoms with E-state index < -0.39 is 0 Å². The van der Waals surface area contributed by atoms with Crippen LogP contribution in [0.2, 0.25) is 0 Å². The number of benzene rings is 2. The molecule has 0 amide bonds. The Balaban J connectivity index is 1.14. The van der Waals surface area contributed by atoms with Gasteiger partial charge in [0.15, 0.2) is 0 Å². The molecule has 4 nitrogen and oxygen atoms in total. The summed E-state index contributed by atoms with van der Waals surface area (Å²) in [6.45, 7) is 4.28. The predicted molar refractivity (Wildman–Crippen MR) is 133 cm³/mol. The van der Waals surface area contributed by atoms with E-state index in [1.54, 1.807) is 0 Å². The molecule has 0 spiro atoms. The highest BCUT2D eigenvalue weighted by molar-refractivity contribution is 5.97. The van der Waals surface area contributed by atoms with Crippen LogP contribution in [0.25, 0.3) is 16.7 Å². The summed E-state index contributed by atoms with van der Waals surface area (Å²) in [4.78, 5) is 14.5. The van der Waals surface area contributed by atoms with E-state index in [4.69, 9.17) is 4.98 Å². The fraction of sp³-hybridized carbons (Fsp3) is 0.310. The Bertz CT molecular complexity index is 1290. The summed E-state index contributed by atoms with van der Waals surface area (Å²) < 4.78 is 0. The minimum Gasteiger partial charge on any atom is -0.303 e. The summed E-state index contributed by atoms with van der Waals surface area (Å²) in [7, 11) is 2.25. The van der Waals surface area contributed by atoms with Crippen LogP contribution in [0.4, 0.5) is 0 Å². The molecule has 33 heavy (non-hydrogen) atoms. The molecule has 8 rings (SSSR count). The summed E-state index contributed by atoms with van der Waals surface area (Å²) in [6, 6.07) is 19.5. The predicted octanol–water partition coefficient (Wildman–Crippen LogP) is 4.56. The van der Waals surface area contributed by atoms with Crippen LogP contribution in [-0.4, -0.2) is 53.2 Å². The fourth-order valence-corrected chi connectivity index (χ4v) is 6.15. The van der Waals surface area contributed by atoms with Gasteiger partial charge in [-0.05, 0) is 47.4 Å². The maximum atomic E-state index is 4.85. The van der Waals surface area contributed by atoms with E-state index in [1.165, 1.54) is 69.7 Å². The van der Waals surface area contributed by atoms with E-state index >= 15 is 0 Å². The number of allylic oxidation sites excluding steroid dienone is 1. The summed E-state index contributed by atoms with van der Waals surface area (Å²) >= 11 is 0. The SMILES string of the molecule is CN1CC2CC(C1)N2Cc1ccc(-c2cnc3c(c2)C(c2cccc4c2C=NC4)=CC3)cc1. The first-order valence-electron chi connectivity index (χ1n) is 12.1. The summed E-state index contributed by atoms with van der Waals surface area (Å²) in [5, 5.41) is 0. The van der Waals surface area contributed by atoms with E-state index in [-0.39, 0.29) is 0 Å². The number of aromatic nitrogens is 1. The topological polar surface area (TPSA) is 31.7 Å². The van der Waals surface area contributed by atoms with Crippen molar-refractivity contribution >= 4 is 11.8 Å². The van der Waals surface area contributed by atoms with Gasteiger partial charge in [-0.25, -0.2) is 0 Å². The molecule has 2 bridgehead atoms. The van der Waals surface area contributed by atoms with Crippen molar-refractivity contribution in [2.75, 3.05) is 20.1 Å². The van der Waals surface area contributed by atoms with Crippen LogP contribution < -0.4 is 0 Å². The molecule has 0 radical (unpaired) electrons. The molecule has 0 N–H and O–H groups in total. The van der Waals surface area contributed by atoms with Crippen molar-refractivity contribution in [1.29, 1.82) is 0 Å². The Morgan fingerprint density at radius 1 is 0.970 bits per heavy atom. The van der Waals surface area contributed by atoms with Gasteiger partial charge < -0.3 is 4.90 Å². The molecular formula is C29H28N4. The van der Waals surface area contributed by atoms with Crippen molar-refractivity contribution in [3.8, 4) is 11.1 Å². The summed E-state index contributed by atoms with van der Waals surface area (Å²) in [6.07, 6.45) is 8.67. The van der Waals surface area contributed by atoms with Gasteiger partial charge in [0.1, 0.15) is 0 Å². The Hall–Kier alpha value is -3.08. The molecule has 164 valence electrons. The zero-order valence-electron chi connectivity index (χ0n) is 19.0. The number of rotatable bonds is 4. The lowest BCUT2D eigenvalue weighted by Crippen LogP contribution is -2.67. The Morgan fingerprint density at radius 3 is 2.67 bits per heavy atom. The van der Waals surface area contributed by atoms with Crippen molar-refractivity contribution in [2.24, 2.45) is 4.99 Å². The number of hydrogen-bond acceptors (Lipinski definition) is 4. The third-order valence-corrected chi connectivity index (χ3v) is 7.91. The van der Waals surface area contributed by atoms with Crippen molar-refractivity contribution in [3.63, 3.8) is 0 Å². The second-order valence-corrected chi connectivity index (χ2v) is 10.0. The molecule has 4 heteroatoms. The van der Waals surface area contributed by atoms with E-state index in [0.717, 1.165) is 31.6 Å². The third kappa shape index (κ3) is 3.20. The highest BCUT2D eigenvalue weighted by Gasteiger charge is 2.43. The molecular weight excluding hydrogens is 404 g/mol. The molecule has 2 unspecified atom stereocenters. The molecule has 0 saturated carbocycles. The van der Waals surface area contributed by atoms with E-state index in [2.05, 4.69) is 76.4 Å². The zero-order valence-corrected chi connectivity index (χ0v) is 19.0. The first-order chi connectivity index (χ1) is 16.2. The number of piperidine rings is 1. The van der Waals surface area contributed by atoms with Crippen molar-refractivity contribution in [3.05, 3.63) is 94.3 Å². The van der Waals surface area contributed by atoms with Gasteiger partial charge in [-0.1, -0.05) is 48.5 Å². The van der Waals surface area contributed by atoms with Crippen LogP contribution in [0.5, 0.6) is 0 Å². The van der Waals surface area contributed by atoms with E-state index in [1.807, 2.05) is 12.4 Å². The average Bonchev–Trinajstić information content (AvgIpc) is 3.49. The standard InChI is InChI=1S/C29H28N4/c1-32-17-23-12-24(18-32)33(23)16-19-5-7-20(8-6-19)22-11-27-26(9-10-29(27)31-14-22)25-4-2-3-21-13-30-15-28(21)25/h2-9,11,14-15,23-24H,10,12-13,16-18H2,1H3. The summed E-state index contributed by atoms with van der Waals surface area (Å²) in [5.41, 5.74) is 11.5. The smallest absolute Gasteiger partial charge is 0.0646 e. The average molecular weight is 433 g/mol. The van der Waals surface area contributed by atoms with Gasteiger partial charge in [-0.2, -0.15) is 0 Å². The first-order valence-corrected chi connectivity index (χ1v) is 12.1. The first kappa shape index (κ1) is 19.4. The summed E-state index contributed by atoms with van der Waals surface area (Å²) in [5.74, 6) is 0. The van der Waals surface area contributed by atoms with Crippen LogP contribution in [0.1, 0.15) is 39.9 Å². The lowest BCUT2D eigenvalue weighted by atomic mass is 9.87. The normalized spacial score (nSPS) is 23.2. The number of hydrogen-bond donors (Lipinski definition) is 0. The van der Waals surface area contributed by atoms with Crippen LogP contribution >= 0.6 is 0 Å². The molecule has 1 aliphatic carbocycles. The lowest BCUT2D eigenvalue weighted by molar-refractivity contribution is -0.0668. The number of nitrogens with zero attached hydrogens (tertiary/aromatic N) is 4. The molecule has 4 aliphatic heterocycles. The minimum atomic E-state index is 0.740. The van der Waals surface area contributed by atoms with Crippen molar-refractivity contribution < 1.29 is 0 Å². The molecule has 3 saturated heterocycles. The minimum absolute atomic E-state index is 0.740. The molecule has 2 aromatic carbocycles. The quantitative estimate of drug-likeness (QED) is 0.606. The largest absolute Gasteiger partial charge is 0.303 e. The lowest BCUT2D eigenvalue weighted by Gasteiger charge is -2.56. The monoisotopic (exact) mass is 432 g/mol. The Labute approximate surface area is 195 Å². The molecule has 3 fully saturated rings. The van der Waals surface area contributed by atoms with Gasteiger partial charge in [0.05, 0.1) is 12.2 Å². The fourth-order valence-electron chi connectivity index (χ4n) is 6.15. The molecule has 2 atom stereocenters. The molecule has 1 aromatic heterocycles. The number of pyridine rings is 1. The highest BCUT2D eigenvalue weighted by atomic mass is 15.3. The van der Waals surface area contributed by atoms with Crippen molar-refractivity contribution in [1.82, 2.24) is 14.8 Å². The van der Waals surface area contributed by atoms with Gasteiger partial charge in [0.2, 0.25) is 0 Å². The van der Waals surface area contributed by atoms with E-state index in [0.29, 0.717) is 0 Å². The van der Waals surface area contributed by atoms with Gasteiger partial charge in [0.25, 0.3) is 0 Å². The van der Waals surface area contributed by atoms with Crippen LogP contribution in [0.3, 0.4) is 0 Å². The van der Waals surface area contributed by atoms with Gasteiger partial charge >= 0.3 is 0 Å². The van der Waals surface area contributed by atoms with Crippen LogP contribution in [-0.2, 0) is 19.5 Å². The second-order valence-electron chi connectivity index (χ2n) is 10.0. The zero-order chi connectivity index (χ0) is 21.9. The van der Waals surface area contributed by atoms with Gasteiger partial charge in [0, 0.05) is 67.2 Å². The van der Waals surface area contributed by atoms with Crippen LogP contribution in [0.15, 0.2) is 65.8 Å². The van der Waals surface area contributed by atoms with Gasteiger partial charge in [-0.3, -0.25) is 14.9 Å². The molecule has 3 aromatic rings. The molecule has 5 heterocycles. The maximum absolute atomic E-state index is 4.85. The van der Waals surface area contributed by atoms with Crippen LogP contribution in [0, 0.1) is 0 Å². The number of fused-ring (bicyclic) bond motifs is 4. The second kappa shape index (κ2) is 7.47. The Kier molecular flexibility index (Phi) is 4.39. The third-order valence-electron chi connectivity index (χ3n) is 7.91.